The smallest absolute Gasteiger partial charge is 0.110 e. The van der Waals surface area contributed by atoms with Gasteiger partial charge in [0, 0.05) is 25.2 Å². The van der Waals surface area contributed by atoms with Crippen molar-refractivity contribution in [2.75, 3.05) is 13.1 Å². The number of nitrogens with one attached hydrogen (secondary N) is 1. The quantitative estimate of drug-likeness (QED) is 0.792. The number of aryl methyl sites for hydroxylation is 1. The maximum atomic E-state index is 5.98. The zero-order chi connectivity index (χ0) is 11.7. The van der Waals surface area contributed by atoms with Gasteiger partial charge in [-0.1, -0.05) is 0 Å². The monoisotopic (exact) mass is 234 g/mol. The number of hydrogen-bond acceptors (Lipinski definition) is 3. The molecule has 0 spiro atoms. The third-order valence-electron chi connectivity index (χ3n) is 4.05. The molecule has 0 saturated carbocycles. The molecule has 0 radical (unpaired) electrons. The molecule has 3 heterocycles. The average Bonchev–Trinajstić information content (AvgIpc) is 2.71. The van der Waals surface area contributed by atoms with Crippen LogP contribution >= 0.6 is 0 Å². The van der Waals surface area contributed by atoms with Crippen molar-refractivity contribution in [2.24, 2.45) is 11.7 Å². The van der Waals surface area contributed by atoms with Crippen molar-refractivity contribution in [1.29, 1.82) is 0 Å². The first-order chi connectivity index (χ1) is 8.31. The summed E-state index contributed by atoms with van der Waals surface area (Å²) in [5, 5.41) is 3.41. The van der Waals surface area contributed by atoms with Crippen LogP contribution in [0.25, 0.3) is 0 Å². The summed E-state index contributed by atoms with van der Waals surface area (Å²) < 4.78 is 2.31. The van der Waals surface area contributed by atoms with Gasteiger partial charge in [-0.2, -0.15) is 0 Å². The van der Waals surface area contributed by atoms with E-state index in [1.807, 2.05) is 0 Å². The summed E-state index contributed by atoms with van der Waals surface area (Å²) in [6.45, 7) is 3.39. The first-order valence-electron chi connectivity index (χ1n) is 6.82. The summed E-state index contributed by atoms with van der Waals surface area (Å²) in [5.41, 5.74) is 7.26. The van der Waals surface area contributed by atoms with E-state index >= 15 is 0 Å². The molecule has 0 aliphatic carbocycles. The highest BCUT2D eigenvalue weighted by atomic mass is 15.1. The number of hydrogen-bond donors (Lipinski definition) is 2. The lowest BCUT2D eigenvalue weighted by Gasteiger charge is -2.21. The molecule has 1 fully saturated rings. The van der Waals surface area contributed by atoms with Gasteiger partial charge >= 0.3 is 0 Å². The van der Waals surface area contributed by atoms with Gasteiger partial charge in [-0.05, 0) is 44.7 Å². The molecule has 3 N–H and O–H groups in total. The van der Waals surface area contributed by atoms with Crippen LogP contribution in [0.1, 0.15) is 30.8 Å². The second-order valence-electron chi connectivity index (χ2n) is 5.49. The summed E-state index contributed by atoms with van der Waals surface area (Å²) in [6.07, 6.45) is 8.03. The molecule has 1 atom stereocenters. The second kappa shape index (κ2) is 4.78. The van der Waals surface area contributed by atoms with Gasteiger partial charge in [0.05, 0.1) is 5.69 Å². The van der Waals surface area contributed by atoms with Crippen LogP contribution in [-0.2, 0) is 19.4 Å². The maximum Gasteiger partial charge on any atom is 0.110 e. The number of aromatic nitrogens is 2. The Kier molecular flexibility index (Phi) is 3.16. The van der Waals surface area contributed by atoms with Crippen LogP contribution in [0.4, 0.5) is 0 Å². The SMILES string of the molecule is NC1CCn2cc(CC3CCNCC3)nc2C1. The second-order valence-corrected chi connectivity index (χ2v) is 5.49. The van der Waals surface area contributed by atoms with Crippen molar-refractivity contribution >= 4 is 0 Å². The molecule has 0 bridgehead atoms. The molecule has 0 aromatic carbocycles. The predicted octanol–water partition coefficient (Wildman–Crippen LogP) is 0.699. The fraction of sp³-hybridized carbons (Fsp3) is 0.769. The molecule has 1 aromatic rings. The van der Waals surface area contributed by atoms with E-state index in [-0.39, 0.29) is 0 Å². The number of rotatable bonds is 2. The minimum Gasteiger partial charge on any atom is -0.335 e. The molecule has 4 nitrogen and oxygen atoms in total. The molecular formula is C13H22N4. The third-order valence-corrected chi connectivity index (χ3v) is 4.05. The molecule has 1 aromatic heterocycles. The number of fused-ring (bicyclic) bond motifs is 1. The zero-order valence-electron chi connectivity index (χ0n) is 10.4. The number of nitrogens with two attached hydrogens (primary N) is 1. The Balaban J connectivity index is 1.67. The van der Waals surface area contributed by atoms with Crippen LogP contribution in [0.5, 0.6) is 0 Å². The van der Waals surface area contributed by atoms with Crippen LogP contribution in [0.15, 0.2) is 6.20 Å². The minimum absolute atomic E-state index is 0.316. The van der Waals surface area contributed by atoms with Gasteiger partial charge in [0.15, 0.2) is 0 Å². The third kappa shape index (κ3) is 2.53. The van der Waals surface area contributed by atoms with E-state index in [1.165, 1.54) is 37.4 Å². The summed E-state index contributed by atoms with van der Waals surface area (Å²) in [5.74, 6) is 2.02. The van der Waals surface area contributed by atoms with Gasteiger partial charge in [-0.3, -0.25) is 0 Å². The van der Waals surface area contributed by atoms with E-state index in [0.29, 0.717) is 6.04 Å². The van der Waals surface area contributed by atoms with Crippen molar-refractivity contribution in [3.05, 3.63) is 17.7 Å². The first-order valence-corrected chi connectivity index (χ1v) is 6.82. The van der Waals surface area contributed by atoms with E-state index < -0.39 is 0 Å². The Morgan fingerprint density at radius 2 is 2.18 bits per heavy atom. The standard InChI is InChI=1S/C13H22N4/c14-11-3-6-17-9-12(16-13(17)8-11)7-10-1-4-15-5-2-10/h9-11,15H,1-8,14H2. The summed E-state index contributed by atoms with van der Waals surface area (Å²) >= 11 is 0. The zero-order valence-corrected chi connectivity index (χ0v) is 10.4. The number of nitrogens with zero attached hydrogens (tertiary/aromatic N) is 2. The van der Waals surface area contributed by atoms with Gasteiger partial charge in [-0.15, -0.1) is 0 Å². The Morgan fingerprint density at radius 1 is 1.35 bits per heavy atom. The fourth-order valence-electron chi connectivity index (χ4n) is 2.99. The number of imidazole rings is 1. The van der Waals surface area contributed by atoms with Crippen molar-refractivity contribution in [3.63, 3.8) is 0 Å². The Hall–Kier alpha value is -0.870. The molecule has 3 rings (SSSR count). The molecule has 2 aliphatic rings. The van der Waals surface area contributed by atoms with Crippen LogP contribution in [-0.4, -0.2) is 28.7 Å². The van der Waals surface area contributed by atoms with Crippen molar-refractivity contribution in [3.8, 4) is 0 Å². The van der Waals surface area contributed by atoms with Gasteiger partial charge in [0.1, 0.15) is 5.82 Å². The van der Waals surface area contributed by atoms with Gasteiger partial charge < -0.3 is 15.6 Å². The predicted molar refractivity (Wildman–Crippen MR) is 67.8 cm³/mol. The maximum absolute atomic E-state index is 5.98. The molecule has 1 saturated heterocycles. The Labute approximate surface area is 103 Å². The molecule has 1 unspecified atom stereocenters. The highest BCUT2D eigenvalue weighted by molar-refractivity contribution is 5.08. The summed E-state index contributed by atoms with van der Waals surface area (Å²) in [7, 11) is 0. The Morgan fingerprint density at radius 3 is 3.00 bits per heavy atom. The molecule has 4 heteroatoms. The summed E-state index contributed by atoms with van der Waals surface area (Å²) in [4.78, 5) is 4.76. The van der Waals surface area contributed by atoms with E-state index in [1.54, 1.807) is 0 Å². The highest BCUT2D eigenvalue weighted by Crippen LogP contribution is 2.20. The van der Waals surface area contributed by atoms with Gasteiger partial charge in [0.2, 0.25) is 0 Å². The topological polar surface area (TPSA) is 55.9 Å². The van der Waals surface area contributed by atoms with Crippen LogP contribution in [0.3, 0.4) is 0 Å². The van der Waals surface area contributed by atoms with E-state index in [9.17, 15) is 0 Å². The molecule has 94 valence electrons. The van der Waals surface area contributed by atoms with E-state index in [0.717, 1.165) is 31.7 Å². The molecule has 2 aliphatic heterocycles. The lowest BCUT2D eigenvalue weighted by molar-refractivity contribution is 0.370. The summed E-state index contributed by atoms with van der Waals surface area (Å²) in [6, 6.07) is 0.316. The Bertz CT molecular complexity index is 379. The van der Waals surface area contributed by atoms with E-state index in [4.69, 9.17) is 10.7 Å². The van der Waals surface area contributed by atoms with Gasteiger partial charge in [0.25, 0.3) is 0 Å². The van der Waals surface area contributed by atoms with Gasteiger partial charge in [-0.25, -0.2) is 4.98 Å². The van der Waals surface area contributed by atoms with E-state index in [2.05, 4.69) is 16.1 Å². The van der Waals surface area contributed by atoms with Crippen molar-refractivity contribution < 1.29 is 0 Å². The lowest BCUT2D eigenvalue weighted by Crippen LogP contribution is -2.30. The fourth-order valence-corrected chi connectivity index (χ4v) is 2.99. The average molecular weight is 234 g/mol. The molecular weight excluding hydrogens is 212 g/mol. The lowest BCUT2D eigenvalue weighted by atomic mass is 9.93. The van der Waals surface area contributed by atoms with Crippen molar-refractivity contribution in [2.45, 2.75) is 44.7 Å². The van der Waals surface area contributed by atoms with Crippen LogP contribution in [0.2, 0.25) is 0 Å². The normalized spacial score (nSPS) is 25.8. The van der Waals surface area contributed by atoms with Crippen LogP contribution < -0.4 is 11.1 Å². The highest BCUT2D eigenvalue weighted by Gasteiger charge is 2.20. The largest absolute Gasteiger partial charge is 0.335 e. The number of piperidine rings is 1. The minimum atomic E-state index is 0.316. The first kappa shape index (κ1) is 11.2. The molecule has 0 amide bonds. The molecule has 17 heavy (non-hydrogen) atoms. The van der Waals surface area contributed by atoms with Crippen molar-refractivity contribution in [1.82, 2.24) is 14.9 Å². The van der Waals surface area contributed by atoms with Crippen LogP contribution in [0, 0.1) is 5.92 Å².